The fourth-order valence-electron chi connectivity index (χ4n) is 4.22. The Balaban J connectivity index is 1.35. The lowest BCUT2D eigenvalue weighted by molar-refractivity contribution is -0.121. The molecule has 0 saturated carbocycles. The van der Waals surface area contributed by atoms with E-state index < -0.39 is 6.10 Å². The smallest absolute Gasteiger partial charge is 0.229 e. The molecule has 1 aromatic heterocycles. The third-order valence-electron chi connectivity index (χ3n) is 5.92. The molecule has 4 rings (SSSR count). The van der Waals surface area contributed by atoms with Crippen LogP contribution in [0.5, 0.6) is 0 Å². The number of rotatable bonds is 5. The number of aliphatic hydroxyl groups is 1. The Hall–Kier alpha value is -2.44. The fourth-order valence-corrected chi connectivity index (χ4v) is 4.22. The summed E-state index contributed by atoms with van der Waals surface area (Å²) >= 11 is 0. The number of aromatic nitrogens is 1. The van der Waals surface area contributed by atoms with E-state index in [1.54, 1.807) is 0 Å². The van der Waals surface area contributed by atoms with Crippen molar-refractivity contribution in [2.24, 2.45) is 5.92 Å². The van der Waals surface area contributed by atoms with Gasteiger partial charge in [0.05, 0.1) is 6.10 Å². The quantitative estimate of drug-likeness (QED) is 0.844. The molecular weight excluding hydrogens is 364 g/mol. The minimum Gasteiger partial charge on any atom is -0.387 e. The van der Waals surface area contributed by atoms with Crippen LogP contribution in [-0.4, -0.2) is 60.2 Å². The second kappa shape index (κ2) is 8.51. The average Bonchev–Trinajstić information content (AvgIpc) is 3.17. The van der Waals surface area contributed by atoms with Gasteiger partial charge in [0.1, 0.15) is 5.82 Å². The number of anilines is 2. The molecule has 0 radical (unpaired) electrons. The summed E-state index contributed by atoms with van der Waals surface area (Å²) in [6.07, 6.45) is 2.17. The summed E-state index contributed by atoms with van der Waals surface area (Å²) in [4.78, 5) is 23.3. The Labute approximate surface area is 172 Å². The van der Waals surface area contributed by atoms with Crippen LogP contribution in [-0.2, 0) is 11.2 Å². The molecule has 3 heterocycles. The largest absolute Gasteiger partial charge is 0.387 e. The lowest BCUT2D eigenvalue weighted by Gasteiger charge is -2.36. The molecule has 0 spiro atoms. The topological polar surface area (TPSA) is 59.9 Å². The first-order chi connectivity index (χ1) is 14.0. The van der Waals surface area contributed by atoms with Crippen LogP contribution in [0.4, 0.5) is 11.5 Å². The van der Waals surface area contributed by atoms with Crippen LogP contribution in [0.1, 0.15) is 31.1 Å². The second-order valence-corrected chi connectivity index (χ2v) is 8.27. The fraction of sp³-hybridized carbons (Fsp3) is 0.478. The number of amides is 1. The molecule has 1 fully saturated rings. The van der Waals surface area contributed by atoms with Gasteiger partial charge in [-0.15, -0.1) is 0 Å². The Bertz CT molecular complexity index is 847. The third kappa shape index (κ3) is 4.28. The average molecular weight is 395 g/mol. The maximum Gasteiger partial charge on any atom is 0.229 e. The molecule has 1 atom stereocenters. The van der Waals surface area contributed by atoms with Gasteiger partial charge in [0.25, 0.3) is 0 Å². The van der Waals surface area contributed by atoms with Crippen molar-refractivity contribution in [3.05, 3.63) is 53.7 Å². The van der Waals surface area contributed by atoms with E-state index in [0.717, 1.165) is 61.8 Å². The van der Waals surface area contributed by atoms with Gasteiger partial charge in [-0.2, -0.15) is 0 Å². The van der Waals surface area contributed by atoms with Gasteiger partial charge in [-0.05, 0) is 35.7 Å². The number of β-amino-alcohol motifs (C(OH)–C–C–N with tert-alkyl or cyclic N) is 1. The second-order valence-electron chi connectivity index (χ2n) is 8.27. The van der Waals surface area contributed by atoms with Gasteiger partial charge >= 0.3 is 0 Å². The highest BCUT2D eigenvalue weighted by Crippen LogP contribution is 2.32. The number of benzene rings is 1. The minimum absolute atomic E-state index is 0.00373. The van der Waals surface area contributed by atoms with Crippen molar-refractivity contribution < 1.29 is 9.90 Å². The van der Waals surface area contributed by atoms with Crippen molar-refractivity contribution in [2.75, 3.05) is 49.1 Å². The number of fused-ring (bicyclic) bond motifs is 1. The molecule has 6 nitrogen and oxygen atoms in total. The number of hydrogen-bond acceptors (Lipinski definition) is 5. The zero-order chi connectivity index (χ0) is 20.4. The zero-order valence-corrected chi connectivity index (χ0v) is 17.3. The lowest BCUT2D eigenvalue weighted by Crippen LogP contribution is -2.47. The molecule has 6 heteroatoms. The molecular formula is C23H30N4O2. The molecule has 0 bridgehead atoms. The van der Waals surface area contributed by atoms with E-state index in [0.29, 0.717) is 6.54 Å². The van der Waals surface area contributed by atoms with E-state index in [-0.39, 0.29) is 11.8 Å². The van der Waals surface area contributed by atoms with Crippen LogP contribution in [0.15, 0.2) is 42.6 Å². The highest BCUT2D eigenvalue weighted by Gasteiger charge is 2.27. The summed E-state index contributed by atoms with van der Waals surface area (Å²) in [7, 11) is 0. The summed E-state index contributed by atoms with van der Waals surface area (Å²) in [5, 5.41) is 10.8. The van der Waals surface area contributed by atoms with Crippen LogP contribution in [0, 0.1) is 5.92 Å². The monoisotopic (exact) mass is 394 g/mol. The Morgan fingerprint density at radius 2 is 1.90 bits per heavy atom. The highest BCUT2D eigenvalue weighted by atomic mass is 16.3. The molecule has 29 heavy (non-hydrogen) atoms. The predicted molar refractivity (Wildman–Crippen MR) is 115 cm³/mol. The van der Waals surface area contributed by atoms with Crippen molar-refractivity contribution in [1.82, 2.24) is 9.88 Å². The van der Waals surface area contributed by atoms with Crippen LogP contribution in [0.2, 0.25) is 0 Å². The van der Waals surface area contributed by atoms with Gasteiger partial charge in [-0.3, -0.25) is 9.69 Å². The first-order valence-electron chi connectivity index (χ1n) is 10.5. The zero-order valence-electron chi connectivity index (χ0n) is 17.3. The van der Waals surface area contributed by atoms with E-state index in [4.69, 9.17) is 0 Å². The van der Waals surface area contributed by atoms with Gasteiger partial charge < -0.3 is 14.9 Å². The Morgan fingerprint density at radius 1 is 1.10 bits per heavy atom. The summed E-state index contributed by atoms with van der Waals surface area (Å²) in [5.74, 6) is 1.19. The first-order valence-corrected chi connectivity index (χ1v) is 10.5. The van der Waals surface area contributed by atoms with Gasteiger partial charge in [-0.25, -0.2) is 4.98 Å². The van der Waals surface area contributed by atoms with E-state index in [2.05, 4.69) is 20.9 Å². The summed E-state index contributed by atoms with van der Waals surface area (Å²) in [5.41, 5.74) is 3.11. The molecule has 154 valence electrons. The Morgan fingerprint density at radius 3 is 2.59 bits per heavy atom. The van der Waals surface area contributed by atoms with E-state index >= 15 is 0 Å². The molecule has 2 aliphatic heterocycles. The molecule has 0 aliphatic carbocycles. The molecule has 1 amide bonds. The Kier molecular flexibility index (Phi) is 5.83. The van der Waals surface area contributed by atoms with Gasteiger partial charge in [0.15, 0.2) is 0 Å². The number of carbonyl (C=O) groups excluding carboxylic acids is 1. The molecule has 1 N–H and O–H groups in total. The number of carbonyl (C=O) groups is 1. The number of piperazine rings is 1. The number of nitrogens with zero attached hydrogens (tertiary/aromatic N) is 4. The maximum atomic E-state index is 12.4. The van der Waals surface area contributed by atoms with Gasteiger partial charge in [0.2, 0.25) is 5.91 Å². The summed E-state index contributed by atoms with van der Waals surface area (Å²) < 4.78 is 0. The van der Waals surface area contributed by atoms with E-state index in [1.807, 2.05) is 55.3 Å². The summed E-state index contributed by atoms with van der Waals surface area (Å²) in [6, 6.07) is 12.0. The normalized spacial score (nSPS) is 18.2. The molecule has 1 unspecified atom stereocenters. The van der Waals surface area contributed by atoms with Gasteiger partial charge in [-0.1, -0.05) is 32.0 Å². The highest BCUT2D eigenvalue weighted by molar-refractivity contribution is 5.96. The van der Waals surface area contributed by atoms with Crippen LogP contribution < -0.4 is 9.80 Å². The van der Waals surface area contributed by atoms with Crippen molar-refractivity contribution in [3.63, 3.8) is 0 Å². The lowest BCUT2D eigenvalue weighted by atomic mass is 10.0. The number of pyridine rings is 1. The van der Waals surface area contributed by atoms with Crippen LogP contribution in [0.3, 0.4) is 0 Å². The molecule has 2 aromatic rings. The van der Waals surface area contributed by atoms with Crippen molar-refractivity contribution >= 4 is 17.4 Å². The molecule has 1 aromatic carbocycles. The minimum atomic E-state index is -0.517. The number of hydrogen-bond donors (Lipinski definition) is 1. The van der Waals surface area contributed by atoms with E-state index in [1.165, 1.54) is 0 Å². The summed E-state index contributed by atoms with van der Waals surface area (Å²) in [6.45, 7) is 8.90. The predicted octanol–water partition coefficient (Wildman–Crippen LogP) is 2.48. The van der Waals surface area contributed by atoms with E-state index in [9.17, 15) is 9.90 Å². The van der Waals surface area contributed by atoms with Crippen molar-refractivity contribution in [1.29, 1.82) is 0 Å². The van der Waals surface area contributed by atoms with Crippen molar-refractivity contribution in [2.45, 2.75) is 26.4 Å². The van der Waals surface area contributed by atoms with Crippen LogP contribution >= 0.6 is 0 Å². The first kappa shape index (κ1) is 19.9. The van der Waals surface area contributed by atoms with Crippen molar-refractivity contribution in [3.8, 4) is 0 Å². The SMILES string of the molecule is CC(C)C(=O)N1CCc2cc(C(O)CN3CCN(c4ccccn4)CC3)ccc21. The van der Waals surface area contributed by atoms with Crippen LogP contribution in [0.25, 0.3) is 0 Å². The maximum absolute atomic E-state index is 12.4. The number of aliphatic hydroxyl groups excluding tert-OH is 1. The standard InChI is InChI=1S/C23H30N4O2/c1-17(2)23(29)27-10-8-18-15-19(6-7-20(18)27)21(28)16-25-11-13-26(14-12-25)22-5-3-4-9-24-22/h3-7,9,15,17,21,28H,8,10-14,16H2,1-2H3. The molecule has 2 aliphatic rings. The molecule has 1 saturated heterocycles. The third-order valence-corrected chi connectivity index (χ3v) is 5.92. The van der Waals surface area contributed by atoms with Gasteiger partial charge in [0, 0.05) is 57.1 Å².